The minimum Gasteiger partial charge on any atom is -0.192 e. The lowest BCUT2D eigenvalue weighted by Gasteiger charge is -2.08. The number of benzene rings is 1. The lowest BCUT2D eigenvalue weighted by Crippen LogP contribution is -1.90. The van der Waals surface area contributed by atoms with Gasteiger partial charge in [-0.1, -0.05) is 49.2 Å². The molecule has 0 fully saturated rings. The summed E-state index contributed by atoms with van der Waals surface area (Å²) in [6.45, 7) is 2.16. The molecule has 1 aromatic carbocycles. The fourth-order valence-electron chi connectivity index (χ4n) is 2.12. The SMILES string of the molecule is CCCc1ccccc1-c1c(Cl)sc(SC)c1C#N. The molecule has 0 aliphatic carbocycles. The molecule has 0 N–H and O–H groups in total. The Balaban J connectivity index is 2.66. The second-order valence-electron chi connectivity index (χ2n) is 4.14. The van der Waals surface area contributed by atoms with Crippen molar-refractivity contribution < 1.29 is 0 Å². The maximum atomic E-state index is 9.41. The van der Waals surface area contributed by atoms with E-state index in [1.165, 1.54) is 16.9 Å². The molecule has 0 saturated carbocycles. The number of halogens is 1. The molecule has 0 aliphatic rings. The molecule has 19 heavy (non-hydrogen) atoms. The van der Waals surface area contributed by atoms with Gasteiger partial charge in [0, 0.05) is 5.56 Å². The maximum Gasteiger partial charge on any atom is 0.103 e. The topological polar surface area (TPSA) is 23.8 Å². The van der Waals surface area contributed by atoms with Crippen molar-refractivity contribution >= 4 is 34.7 Å². The summed E-state index contributed by atoms with van der Waals surface area (Å²) in [7, 11) is 0. The summed E-state index contributed by atoms with van der Waals surface area (Å²) < 4.78 is 1.71. The normalized spacial score (nSPS) is 10.4. The molecule has 0 unspecified atom stereocenters. The van der Waals surface area contributed by atoms with Gasteiger partial charge in [-0.05, 0) is 23.8 Å². The summed E-state index contributed by atoms with van der Waals surface area (Å²) in [5.41, 5.74) is 3.98. The van der Waals surface area contributed by atoms with E-state index >= 15 is 0 Å². The van der Waals surface area contributed by atoms with Crippen LogP contribution in [0.2, 0.25) is 4.34 Å². The Morgan fingerprint density at radius 3 is 2.74 bits per heavy atom. The van der Waals surface area contributed by atoms with Crippen LogP contribution in [0.4, 0.5) is 0 Å². The van der Waals surface area contributed by atoms with Crippen LogP contribution >= 0.6 is 34.7 Å². The highest BCUT2D eigenvalue weighted by Crippen LogP contribution is 2.44. The zero-order valence-corrected chi connectivity index (χ0v) is 13.3. The van der Waals surface area contributed by atoms with Crippen molar-refractivity contribution in [2.75, 3.05) is 6.26 Å². The van der Waals surface area contributed by atoms with E-state index in [2.05, 4.69) is 25.1 Å². The van der Waals surface area contributed by atoms with Crippen LogP contribution in [-0.4, -0.2) is 6.26 Å². The van der Waals surface area contributed by atoms with Crippen molar-refractivity contribution in [1.29, 1.82) is 5.26 Å². The molecule has 1 aromatic heterocycles. The summed E-state index contributed by atoms with van der Waals surface area (Å²) in [6, 6.07) is 10.5. The number of hydrogen-bond acceptors (Lipinski definition) is 3. The summed E-state index contributed by atoms with van der Waals surface area (Å²) in [5, 5.41) is 9.41. The summed E-state index contributed by atoms with van der Waals surface area (Å²) in [5.74, 6) is 0. The third-order valence-corrected chi connectivity index (χ3v) is 5.45. The molecule has 0 radical (unpaired) electrons. The summed E-state index contributed by atoms with van der Waals surface area (Å²) in [6.07, 6.45) is 4.06. The summed E-state index contributed by atoms with van der Waals surface area (Å²) in [4.78, 5) is 0. The first-order valence-electron chi connectivity index (χ1n) is 6.07. The maximum absolute atomic E-state index is 9.41. The van der Waals surface area contributed by atoms with Crippen LogP contribution in [0.15, 0.2) is 28.5 Å². The lowest BCUT2D eigenvalue weighted by atomic mass is 9.96. The van der Waals surface area contributed by atoms with E-state index < -0.39 is 0 Å². The largest absolute Gasteiger partial charge is 0.192 e. The Labute approximate surface area is 127 Å². The van der Waals surface area contributed by atoms with Gasteiger partial charge in [-0.2, -0.15) is 5.26 Å². The van der Waals surface area contributed by atoms with Crippen LogP contribution in [0.5, 0.6) is 0 Å². The molecule has 0 atom stereocenters. The van der Waals surface area contributed by atoms with Gasteiger partial charge in [0.1, 0.15) is 10.4 Å². The van der Waals surface area contributed by atoms with Crippen molar-refractivity contribution in [3.8, 4) is 17.2 Å². The smallest absolute Gasteiger partial charge is 0.103 e. The molecular weight excluding hydrogens is 294 g/mol. The van der Waals surface area contributed by atoms with Crippen molar-refractivity contribution in [3.05, 3.63) is 39.7 Å². The Morgan fingerprint density at radius 1 is 1.37 bits per heavy atom. The Hall–Kier alpha value is -0.950. The minimum absolute atomic E-state index is 0.712. The number of thiophene rings is 1. The molecule has 0 bridgehead atoms. The van der Waals surface area contributed by atoms with E-state index in [0.29, 0.717) is 9.90 Å². The van der Waals surface area contributed by atoms with E-state index in [1.807, 2.05) is 18.4 Å². The first-order valence-corrected chi connectivity index (χ1v) is 8.49. The second kappa shape index (κ2) is 6.47. The molecule has 0 spiro atoms. The quantitative estimate of drug-likeness (QED) is 0.685. The highest BCUT2D eigenvalue weighted by Gasteiger charge is 2.19. The van der Waals surface area contributed by atoms with Crippen molar-refractivity contribution in [2.24, 2.45) is 0 Å². The molecule has 0 saturated heterocycles. The Morgan fingerprint density at radius 2 is 2.11 bits per heavy atom. The van der Waals surface area contributed by atoms with Gasteiger partial charge in [-0.15, -0.1) is 23.1 Å². The van der Waals surface area contributed by atoms with Crippen molar-refractivity contribution in [3.63, 3.8) is 0 Å². The standard InChI is InChI=1S/C15H14ClNS2/c1-3-6-10-7-4-5-8-11(10)13-12(9-17)15(18-2)19-14(13)16/h4-5,7-8H,3,6H2,1-2H3. The Bertz CT molecular complexity index is 626. The molecular formula is C15H14ClNS2. The van der Waals surface area contributed by atoms with Crippen LogP contribution in [0.1, 0.15) is 24.5 Å². The molecule has 98 valence electrons. The van der Waals surface area contributed by atoms with Gasteiger partial charge in [0.05, 0.1) is 9.77 Å². The zero-order chi connectivity index (χ0) is 13.8. The van der Waals surface area contributed by atoms with Crippen LogP contribution in [0, 0.1) is 11.3 Å². The zero-order valence-electron chi connectivity index (χ0n) is 10.9. The van der Waals surface area contributed by atoms with Gasteiger partial charge in [0.15, 0.2) is 0 Å². The lowest BCUT2D eigenvalue weighted by molar-refractivity contribution is 0.923. The predicted molar refractivity (Wildman–Crippen MR) is 85.3 cm³/mol. The number of aryl methyl sites for hydroxylation is 1. The molecule has 1 heterocycles. The molecule has 0 aliphatic heterocycles. The van der Waals surface area contributed by atoms with E-state index in [-0.39, 0.29) is 0 Å². The third-order valence-electron chi connectivity index (χ3n) is 2.94. The van der Waals surface area contributed by atoms with Crippen LogP contribution in [0.25, 0.3) is 11.1 Å². The highest BCUT2D eigenvalue weighted by atomic mass is 35.5. The van der Waals surface area contributed by atoms with Gasteiger partial charge in [0.25, 0.3) is 0 Å². The number of thioether (sulfide) groups is 1. The molecule has 2 rings (SSSR count). The molecule has 0 amide bonds. The molecule has 1 nitrogen and oxygen atoms in total. The van der Waals surface area contributed by atoms with E-state index in [1.54, 1.807) is 11.8 Å². The number of nitrogens with zero attached hydrogens (tertiary/aromatic N) is 1. The first-order chi connectivity index (χ1) is 9.22. The fraction of sp³-hybridized carbons (Fsp3) is 0.267. The number of rotatable bonds is 4. The van der Waals surface area contributed by atoms with Crippen LogP contribution in [0.3, 0.4) is 0 Å². The van der Waals surface area contributed by atoms with Gasteiger partial charge < -0.3 is 0 Å². The van der Waals surface area contributed by atoms with Crippen LogP contribution < -0.4 is 0 Å². The Kier molecular flexibility index (Phi) is 4.93. The minimum atomic E-state index is 0.712. The monoisotopic (exact) mass is 307 g/mol. The van der Waals surface area contributed by atoms with Gasteiger partial charge in [-0.3, -0.25) is 0 Å². The van der Waals surface area contributed by atoms with E-state index in [4.69, 9.17) is 11.6 Å². The van der Waals surface area contributed by atoms with Gasteiger partial charge >= 0.3 is 0 Å². The van der Waals surface area contributed by atoms with Crippen molar-refractivity contribution in [2.45, 2.75) is 24.0 Å². The van der Waals surface area contributed by atoms with Crippen LogP contribution in [-0.2, 0) is 6.42 Å². The predicted octanol–water partition coefficient (Wildman–Crippen LogP) is 5.61. The second-order valence-corrected chi connectivity index (χ2v) is 6.83. The number of hydrogen-bond donors (Lipinski definition) is 0. The average molecular weight is 308 g/mol. The molecule has 4 heteroatoms. The third kappa shape index (κ3) is 2.81. The van der Waals surface area contributed by atoms with E-state index in [9.17, 15) is 5.26 Å². The molecule has 2 aromatic rings. The van der Waals surface area contributed by atoms with E-state index in [0.717, 1.165) is 28.2 Å². The summed E-state index contributed by atoms with van der Waals surface area (Å²) >= 11 is 9.44. The van der Waals surface area contributed by atoms with Gasteiger partial charge in [-0.25, -0.2) is 0 Å². The van der Waals surface area contributed by atoms with Crippen molar-refractivity contribution in [1.82, 2.24) is 0 Å². The fourth-order valence-corrected chi connectivity index (χ4v) is 4.35. The van der Waals surface area contributed by atoms with Gasteiger partial charge in [0.2, 0.25) is 0 Å². The number of nitriles is 1. The first kappa shape index (κ1) is 14.5. The average Bonchev–Trinajstić information content (AvgIpc) is 2.75. The highest BCUT2D eigenvalue weighted by molar-refractivity contribution is 8.00.